The van der Waals surface area contributed by atoms with Gasteiger partial charge in [-0.25, -0.2) is 0 Å². The highest BCUT2D eigenvalue weighted by molar-refractivity contribution is 4.85. The van der Waals surface area contributed by atoms with Crippen molar-refractivity contribution in [3.05, 3.63) is 0 Å². The zero-order valence-corrected chi connectivity index (χ0v) is 14.0. The van der Waals surface area contributed by atoms with Crippen LogP contribution in [0.2, 0.25) is 0 Å². The molecule has 0 aliphatic heterocycles. The summed E-state index contributed by atoms with van der Waals surface area (Å²) in [4.78, 5) is 2.65. The van der Waals surface area contributed by atoms with E-state index in [1.54, 1.807) is 0 Å². The van der Waals surface area contributed by atoms with Gasteiger partial charge in [0.25, 0.3) is 0 Å². The van der Waals surface area contributed by atoms with Gasteiger partial charge in [0.2, 0.25) is 0 Å². The zero-order chi connectivity index (χ0) is 14.6. The fourth-order valence-electron chi connectivity index (χ4n) is 2.82. The molecule has 0 aromatic heterocycles. The molecule has 1 saturated carbocycles. The van der Waals surface area contributed by atoms with E-state index in [9.17, 15) is 0 Å². The summed E-state index contributed by atoms with van der Waals surface area (Å²) in [6.07, 6.45) is 9.53. The first kappa shape index (κ1) is 17.9. The highest BCUT2D eigenvalue weighted by Gasteiger charge is 2.31. The first-order chi connectivity index (χ1) is 9.79. The maximum atomic E-state index is 5.26. The summed E-state index contributed by atoms with van der Waals surface area (Å²) in [5.41, 5.74) is 0. The van der Waals surface area contributed by atoms with Crippen molar-refractivity contribution in [2.45, 2.75) is 64.8 Å². The van der Waals surface area contributed by atoms with E-state index in [2.05, 4.69) is 24.1 Å². The molecule has 1 rings (SSSR count). The molecule has 0 bridgehead atoms. The van der Waals surface area contributed by atoms with Crippen LogP contribution in [0.25, 0.3) is 0 Å². The minimum Gasteiger partial charge on any atom is -0.383 e. The number of hydrogen-bond donors (Lipinski definition) is 1. The summed E-state index contributed by atoms with van der Waals surface area (Å²) in [5, 5.41) is 3.48. The van der Waals surface area contributed by atoms with Gasteiger partial charge in [-0.3, -0.25) is 4.90 Å². The predicted molar refractivity (Wildman–Crippen MR) is 87.3 cm³/mol. The molecule has 120 valence electrons. The highest BCUT2D eigenvalue weighted by atomic mass is 16.5. The lowest BCUT2D eigenvalue weighted by Gasteiger charge is -2.29. The maximum Gasteiger partial charge on any atom is 0.0589 e. The quantitative estimate of drug-likeness (QED) is 0.495. The molecule has 0 heterocycles. The van der Waals surface area contributed by atoms with Gasteiger partial charge < -0.3 is 10.1 Å². The zero-order valence-electron chi connectivity index (χ0n) is 14.0. The Bertz CT molecular complexity index is 219. The van der Waals surface area contributed by atoms with Gasteiger partial charge in [0.15, 0.2) is 0 Å². The standard InChI is InChI=1S/C17H36N2O/c1-4-11-18-12-7-5-6-8-13-19(14-15-20-3)16(2)17-9-10-17/h16-18H,4-15H2,1-3H3. The largest absolute Gasteiger partial charge is 0.383 e. The number of ether oxygens (including phenoxy) is 1. The third-order valence-corrected chi connectivity index (χ3v) is 4.44. The second-order valence-corrected chi connectivity index (χ2v) is 6.27. The number of methoxy groups -OCH3 is 1. The first-order valence-corrected chi connectivity index (χ1v) is 8.73. The molecule has 3 heteroatoms. The van der Waals surface area contributed by atoms with Crippen molar-refractivity contribution in [1.82, 2.24) is 10.2 Å². The van der Waals surface area contributed by atoms with Crippen molar-refractivity contribution in [2.24, 2.45) is 5.92 Å². The van der Waals surface area contributed by atoms with Crippen LogP contribution < -0.4 is 5.32 Å². The Morgan fingerprint density at radius 2 is 1.85 bits per heavy atom. The monoisotopic (exact) mass is 284 g/mol. The number of nitrogens with zero attached hydrogens (tertiary/aromatic N) is 1. The minimum atomic E-state index is 0.761. The molecular formula is C17H36N2O. The van der Waals surface area contributed by atoms with Gasteiger partial charge in [-0.1, -0.05) is 19.8 Å². The molecule has 0 aromatic rings. The van der Waals surface area contributed by atoms with Crippen LogP contribution in [0.15, 0.2) is 0 Å². The van der Waals surface area contributed by atoms with Gasteiger partial charge in [-0.2, -0.15) is 0 Å². The van der Waals surface area contributed by atoms with Crippen LogP contribution in [0.3, 0.4) is 0 Å². The third-order valence-electron chi connectivity index (χ3n) is 4.44. The first-order valence-electron chi connectivity index (χ1n) is 8.73. The summed E-state index contributed by atoms with van der Waals surface area (Å²) < 4.78 is 5.26. The lowest BCUT2D eigenvalue weighted by molar-refractivity contribution is 0.115. The summed E-state index contributed by atoms with van der Waals surface area (Å²) in [6, 6.07) is 0.761. The average Bonchev–Trinajstić information content (AvgIpc) is 3.29. The van der Waals surface area contributed by atoms with Crippen LogP contribution in [0.1, 0.15) is 58.8 Å². The van der Waals surface area contributed by atoms with E-state index in [4.69, 9.17) is 4.74 Å². The van der Waals surface area contributed by atoms with Crippen molar-refractivity contribution in [3.8, 4) is 0 Å². The van der Waals surface area contributed by atoms with Gasteiger partial charge in [0.1, 0.15) is 0 Å². The average molecular weight is 284 g/mol. The van der Waals surface area contributed by atoms with Crippen molar-refractivity contribution in [3.63, 3.8) is 0 Å². The van der Waals surface area contributed by atoms with Crippen molar-refractivity contribution < 1.29 is 4.74 Å². The van der Waals surface area contributed by atoms with Crippen LogP contribution in [0.4, 0.5) is 0 Å². The molecule has 0 aromatic carbocycles. The molecule has 1 aliphatic carbocycles. The Labute approximate surface area is 126 Å². The van der Waals surface area contributed by atoms with Gasteiger partial charge in [0.05, 0.1) is 6.61 Å². The summed E-state index contributed by atoms with van der Waals surface area (Å²) in [5.74, 6) is 0.963. The van der Waals surface area contributed by atoms with Crippen molar-refractivity contribution >= 4 is 0 Å². The second-order valence-electron chi connectivity index (χ2n) is 6.27. The lowest BCUT2D eigenvalue weighted by atomic mass is 10.1. The molecule has 0 radical (unpaired) electrons. The Hall–Kier alpha value is -0.120. The fraction of sp³-hybridized carbons (Fsp3) is 1.00. The Morgan fingerprint density at radius 1 is 1.10 bits per heavy atom. The summed E-state index contributed by atoms with van der Waals surface area (Å²) >= 11 is 0. The molecule has 20 heavy (non-hydrogen) atoms. The van der Waals surface area contributed by atoms with E-state index in [0.717, 1.165) is 25.1 Å². The number of nitrogens with one attached hydrogen (secondary N) is 1. The van der Waals surface area contributed by atoms with Crippen LogP contribution in [-0.4, -0.2) is 50.8 Å². The maximum absolute atomic E-state index is 5.26. The highest BCUT2D eigenvalue weighted by Crippen LogP contribution is 2.35. The normalized spacial score (nSPS) is 16.8. The Balaban J connectivity index is 2.02. The van der Waals surface area contributed by atoms with Gasteiger partial charge >= 0.3 is 0 Å². The van der Waals surface area contributed by atoms with Gasteiger partial charge in [0, 0.05) is 19.7 Å². The molecule has 1 aliphatic rings. The number of rotatable bonds is 14. The Morgan fingerprint density at radius 3 is 2.50 bits per heavy atom. The summed E-state index contributed by atoms with van der Waals surface area (Å²) in [6.45, 7) is 10.2. The van der Waals surface area contributed by atoms with Crippen molar-refractivity contribution in [1.29, 1.82) is 0 Å². The lowest BCUT2D eigenvalue weighted by Crippen LogP contribution is -2.37. The molecule has 1 fully saturated rings. The molecule has 1 unspecified atom stereocenters. The minimum absolute atomic E-state index is 0.761. The molecule has 1 N–H and O–H groups in total. The Kier molecular flexibility index (Phi) is 10.3. The van der Waals surface area contributed by atoms with Gasteiger partial charge in [-0.05, 0) is 64.6 Å². The van der Waals surface area contributed by atoms with E-state index in [1.807, 2.05) is 7.11 Å². The third kappa shape index (κ3) is 8.23. The van der Waals surface area contributed by atoms with Crippen LogP contribution in [-0.2, 0) is 4.74 Å². The van der Waals surface area contributed by atoms with E-state index in [0.29, 0.717) is 0 Å². The predicted octanol–water partition coefficient (Wildman–Crippen LogP) is 3.29. The molecule has 0 spiro atoms. The van der Waals surface area contributed by atoms with Crippen LogP contribution >= 0.6 is 0 Å². The molecular weight excluding hydrogens is 248 g/mol. The SMILES string of the molecule is CCCNCCCCCCN(CCOC)C(C)C1CC1. The summed E-state index contributed by atoms with van der Waals surface area (Å²) in [7, 11) is 1.81. The number of hydrogen-bond acceptors (Lipinski definition) is 3. The van der Waals surface area contributed by atoms with Crippen molar-refractivity contribution in [2.75, 3.05) is 39.9 Å². The van der Waals surface area contributed by atoms with Crippen LogP contribution in [0, 0.1) is 5.92 Å². The number of unbranched alkanes of at least 4 members (excludes halogenated alkanes) is 3. The second kappa shape index (κ2) is 11.5. The molecule has 1 atom stereocenters. The molecule has 0 amide bonds. The van der Waals surface area contributed by atoms with E-state index in [-0.39, 0.29) is 0 Å². The smallest absolute Gasteiger partial charge is 0.0589 e. The van der Waals surface area contributed by atoms with E-state index < -0.39 is 0 Å². The van der Waals surface area contributed by atoms with E-state index >= 15 is 0 Å². The molecule has 3 nitrogen and oxygen atoms in total. The van der Waals surface area contributed by atoms with E-state index in [1.165, 1.54) is 64.6 Å². The topological polar surface area (TPSA) is 24.5 Å². The van der Waals surface area contributed by atoms with Gasteiger partial charge in [-0.15, -0.1) is 0 Å². The fourth-order valence-corrected chi connectivity index (χ4v) is 2.82. The van der Waals surface area contributed by atoms with Crippen LogP contribution in [0.5, 0.6) is 0 Å². The molecule has 0 saturated heterocycles.